The van der Waals surface area contributed by atoms with Crippen molar-refractivity contribution in [1.82, 2.24) is 0 Å². The number of halogens is 1. The van der Waals surface area contributed by atoms with E-state index in [1.165, 1.54) is 18.3 Å². The van der Waals surface area contributed by atoms with Crippen molar-refractivity contribution < 1.29 is 9.18 Å². The minimum absolute atomic E-state index is 0.147. The van der Waals surface area contributed by atoms with Crippen molar-refractivity contribution in [2.24, 2.45) is 0 Å². The summed E-state index contributed by atoms with van der Waals surface area (Å²) >= 11 is 0. The fourth-order valence-electron chi connectivity index (χ4n) is 2.03. The predicted octanol–water partition coefficient (Wildman–Crippen LogP) is 4.41. The van der Waals surface area contributed by atoms with Gasteiger partial charge in [-0.2, -0.15) is 5.26 Å². The van der Waals surface area contributed by atoms with Crippen LogP contribution in [-0.2, 0) is 4.79 Å². The monoisotopic (exact) mass is 323 g/mol. The van der Waals surface area contributed by atoms with Crippen LogP contribution in [0.15, 0.2) is 60.3 Å². The number of para-hydroxylation sites is 1. The van der Waals surface area contributed by atoms with Crippen molar-refractivity contribution in [2.75, 3.05) is 10.6 Å². The zero-order valence-electron chi connectivity index (χ0n) is 13.5. The second-order valence-electron chi connectivity index (χ2n) is 5.52. The Morgan fingerprint density at radius 3 is 2.42 bits per heavy atom. The van der Waals surface area contributed by atoms with E-state index < -0.39 is 11.7 Å². The van der Waals surface area contributed by atoms with E-state index in [9.17, 15) is 9.18 Å². The van der Waals surface area contributed by atoms with E-state index in [4.69, 9.17) is 5.26 Å². The predicted molar refractivity (Wildman–Crippen MR) is 92.9 cm³/mol. The molecule has 0 heterocycles. The lowest BCUT2D eigenvalue weighted by atomic mass is 10.0. The van der Waals surface area contributed by atoms with Crippen LogP contribution < -0.4 is 10.6 Å². The molecule has 0 aliphatic rings. The SMILES string of the molecule is CC(C)c1ccc(NC(=O)/C(C#N)=C\Nc2ccccc2F)cc1. The quantitative estimate of drug-likeness (QED) is 0.633. The largest absolute Gasteiger partial charge is 0.358 e. The van der Waals surface area contributed by atoms with Gasteiger partial charge in [0.25, 0.3) is 5.91 Å². The summed E-state index contributed by atoms with van der Waals surface area (Å²) in [6.45, 7) is 4.16. The first-order chi connectivity index (χ1) is 11.5. The van der Waals surface area contributed by atoms with E-state index >= 15 is 0 Å². The number of rotatable bonds is 5. The number of nitrogens with one attached hydrogen (secondary N) is 2. The van der Waals surface area contributed by atoms with Gasteiger partial charge in [0, 0.05) is 11.9 Å². The summed E-state index contributed by atoms with van der Waals surface area (Å²) < 4.78 is 13.5. The Balaban J connectivity index is 2.07. The maximum atomic E-state index is 13.5. The van der Waals surface area contributed by atoms with Crippen LogP contribution in [0.4, 0.5) is 15.8 Å². The van der Waals surface area contributed by atoms with Gasteiger partial charge in [-0.3, -0.25) is 4.79 Å². The highest BCUT2D eigenvalue weighted by Crippen LogP contribution is 2.18. The van der Waals surface area contributed by atoms with Crippen LogP contribution in [0.25, 0.3) is 0 Å². The smallest absolute Gasteiger partial charge is 0.267 e. The zero-order chi connectivity index (χ0) is 17.5. The molecule has 2 rings (SSSR count). The molecule has 0 bridgehead atoms. The molecule has 2 aromatic rings. The van der Waals surface area contributed by atoms with Crippen molar-refractivity contribution in [3.8, 4) is 6.07 Å². The van der Waals surface area contributed by atoms with Crippen LogP contribution in [-0.4, -0.2) is 5.91 Å². The average Bonchev–Trinajstić information content (AvgIpc) is 2.57. The number of hydrogen-bond acceptors (Lipinski definition) is 3. The molecule has 0 radical (unpaired) electrons. The Hall–Kier alpha value is -3.13. The van der Waals surface area contributed by atoms with Gasteiger partial charge in [0.15, 0.2) is 0 Å². The van der Waals surface area contributed by atoms with Gasteiger partial charge in [0.2, 0.25) is 0 Å². The van der Waals surface area contributed by atoms with Crippen LogP contribution in [0.1, 0.15) is 25.3 Å². The average molecular weight is 323 g/mol. The van der Waals surface area contributed by atoms with E-state index in [2.05, 4.69) is 24.5 Å². The number of carbonyl (C=O) groups excluding carboxylic acids is 1. The number of anilines is 2. The van der Waals surface area contributed by atoms with Gasteiger partial charge in [-0.25, -0.2) is 4.39 Å². The van der Waals surface area contributed by atoms with Gasteiger partial charge in [0.1, 0.15) is 17.5 Å². The molecular weight excluding hydrogens is 305 g/mol. The van der Waals surface area contributed by atoms with E-state index in [-0.39, 0.29) is 11.3 Å². The highest BCUT2D eigenvalue weighted by atomic mass is 19.1. The standard InChI is InChI=1S/C19H18FN3O/c1-13(2)14-7-9-16(10-8-14)23-19(24)15(11-21)12-22-18-6-4-3-5-17(18)20/h3-10,12-13,22H,1-2H3,(H,23,24)/b15-12-. The lowest BCUT2D eigenvalue weighted by molar-refractivity contribution is -0.112. The Morgan fingerprint density at radius 2 is 1.83 bits per heavy atom. The van der Waals surface area contributed by atoms with E-state index in [1.807, 2.05) is 12.1 Å². The number of carbonyl (C=O) groups is 1. The zero-order valence-corrected chi connectivity index (χ0v) is 13.5. The fourth-order valence-corrected chi connectivity index (χ4v) is 2.03. The summed E-state index contributed by atoms with van der Waals surface area (Å²) in [5.41, 5.74) is 1.80. The fraction of sp³-hybridized carbons (Fsp3) is 0.158. The van der Waals surface area contributed by atoms with Crippen LogP contribution in [0.3, 0.4) is 0 Å². The molecule has 0 fully saturated rings. The number of hydrogen-bond donors (Lipinski definition) is 2. The first-order valence-corrected chi connectivity index (χ1v) is 7.54. The molecule has 0 saturated heterocycles. The van der Waals surface area contributed by atoms with E-state index in [0.29, 0.717) is 11.6 Å². The minimum atomic E-state index is -0.557. The van der Waals surface area contributed by atoms with Crippen LogP contribution >= 0.6 is 0 Å². The second-order valence-corrected chi connectivity index (χ2v) is 5.52. The molecule has 24 heavy (non-hydrogen) atoms. The number of nitrogens with zero attached hydrogens (tertiary/aromatic N) is 1. The number of nitriles is 1. The molecule has 0 aliphatic heterocycles. The summed E-state index contributed by atoms with van der Waals surface area (Å²) in [5.74, 6) is -0.622. The van der Waals surface area contributed by atoms with Crippen molar-refractivity contribution in [3.05, 3.63) is 71.7 Å². The molecule has 122 valence electrons. The maximum Gasteiger partial charge on any atom is 0.267 e. The van der Waals surface area contributed by atoms with Crippen molar-refractivity contribution in [2.45, 2.75) is 19.8 Å². The van der Waals surface area contributed by atoms with Gasteiger partial charge in [-0.15, -0.1) is 0 Å². The molecule has 0 unspecified atom stereocenters. The van der Waals surface area contributed by atoms with E-state index in [1.54, 1.807) is 30.3 Å². The van der Waals surface area contributed by atoms with Crippen LogP contribution in [0.5, 0.6) is 0 Å². The van der Waals surface area contributed by atoms with Gasteiger partial charge in [-0.1, -0.05) is 38.1 Å². The highest BCUT2D eigenvalue weighted by molar-refractivity contribution is 6.06. The summed E-state index contributed by atoms with van der Waals surface area (Å²) in [6, 6.07) is 15.2. The number of benzene rings is 2. The van der Waals surface area contributed by atoms with Crippen LogP contribution in [0.2, 0.25) is 0 Å². The Kier molecular flexibility index (Phi) is 5.69. The highest BCUT2D eigenvalue weighted by Gasteiger charge is 2.10. The molecule has 0 saturated carbocycles. The lowest BCUT2D eigenvalue weighted by Gasteiger charge is -2.08. The molecule has 0 aromatic heterocycles. The Morgan fingerprint density at radius 1 is 1.17 bits per heavy atom. The molecule has 0 aliphatic carbocycles. The van der Waals surface area contributed by atoms with Gasteiger partial charge < -0.3 is 10.6 Å². The molecule has 4 nitrogen and oxygen atoms in total. The van der Waals surface area contributed by atoms with Crippen LogP contribution in [0, 0.1) is 17.1 Å². The molecular formula is C19H18FN3O. The Labute approximate surface area is 140 Å². The first kappa shape index (κ1) is 17.2. The van der Waals surface area contributed by atoms with Crippen molar-refractivity contribution in [1.29, 1.82) is 5.26 Å². The lowest BCUT2D eigenvalue weighted by Crippen LogP contribution is -2.14. The maximum absolute atomic E-state index is 13.5. The normalized spacial score (nSPS) is 11.0. The van der Waals surface area contributed by atoms with Crippen molar-refractivity contribution >= 4 is 17.3 Å². The van der Waals surface area contributed by atoms with Gasteiger partial charge >= 0.3 is 0 Å². The topological polar surface area (TPSA) is 64.9 Å². The number of amides is 1. The molecule has 2 aromatic carbocycles. The summed E-state index contributed by atoms with van der Waals surface area (Å²) in [5, 5.41) is 14.4. The summed E-state index contributed by atoms with van der Waals surface area (Å²) in [7, 11) is 0. The summed E-state index contributed by atoms with van der Waals surface area (Å²) in [4.78, 5) is 12.1. The van der Waals surface area contributed by atoms with E-state index in [0.717, 1.165) is 5.56 Å². The minimum Gasteiger partial charge on any atom is -0.358 e. The summed E-state index contributed by atoms with van der Waals surface area (Å²) in [6.07, 6.45) is 1.19. The third kappa shape index (κ3) is 4.43. The third-order valence-corrected chi connectivity index (χ3v) is 3.45. The molecule has 1 amide bonds. The molecule has 5 heteroatoms. The first-order valence-electron chi connectivity index (χ1n) is 7.54. The second kappa shape index (κ2) is 7.93. The third-order valence-electron chi connectivity index (χ3n) is 3.45. The Bertz CT molecular complexity index is 789. The molecule has 0 spiro atoms. The van der Waals surface area contributed by atoms with Crippen molar-refractivity contribution in [3.63, 3.8) is 0 Å². The molecule has 2 N–H and O–H groups in total. The molecule has 0 atom stereocenters. The van der Waals surface area contributed by atoms with Gasteiger partial charge in [0.05, 0.1) is 5.69 Å². The van der Waals surface area contributed by atoms with Gasteiger partial charge in [-0.05, 0) is 35.7 Å².